The predicted octanol–water partition coefficient (Wildman–Crippen LogP) is 1.84. The van der Waals surface area contributed by atoms with Crippen LogP contribution in [0.25, 0.3) is 0 Å². The van der Waals surface area contributed by atoms with Gasteiger partial charge in [-0.15, -0.1) is 0 Å². The molecule has 1 aromatic rings. The van der Waals surface area contributed by atoms with Gasteiger partial charge in [-0.3, -0.25) is 0 Å². The number of hydrogen-bond donors (Lipinski definition) is 3. The van der Waals surface area contributed by atoms with Crippen molar-refractivity contribution in [3.8, 4) is 5.75 Å². The monoisotopic (exact) mass is 234 g/mol. The van der Waals surface area contributed by atoms with Crippen molar-refractivity contribution >= 4 is 0 Å². The van der Waals surface area contributed by atoms with Crippen LogP contribution < -0.4 is 10.6 Å². The van der Waals surface area contributed by atoms with Gasteiger partial charge < -0.3 is 15.7 Å². The van der Waals surface area contributed by atoms with Gasteiger partial charge in [0.15, 0.2) is 0 Å². The zero-order valence-corrected chi connectivity index (χ0v) is 10.4. The predicted molar refractivity (Wildman–Crippen MR) is 70.4 cm³/mol. The molecule has 3 N–H and O–H groups in total. The number of phenolic OH excluding ortho intramolecular Hbond substituents is 1. The van der Waals surface area contributed by atoms with Crippen LogP contribution in [0.5, 0.6) is 5.75 Å². The first-order valence-electron chi connectivity index (χ1n) is 6.49. The molecule has 94 valence electrons. The molecule has 0 radical (unpaired) electrons. The van der Waals surface area contributed by atoms with Crippen molar-refractivity contribution in [1.82, 2.24) is 10.6 Å². The van der Waals surface area contributed by atoms with Crippen molar-refractivity contribution in [2.75, 3.05) is 19.6 Å². The molecule has 1 heterocycles. The van der Waals surface area contributed by atoms with E-state index in [2.05, 4.69) is 23.6 Å². The van der Waals surface area contributed by atoms with Gasteiger partial charge in [-0.2, -0.15) is 0 Å². The van der Waals surface area contributed by atoms with Gasteiger partial charge in [0.25, 0.3) is 0 Å². The van der Waals surface area contributed by atoms with E-state index in [0.29, 0.717) is 17.7 Å². The lowest BCUT2D eigenvalue weighted by Gasteiger charge is -2.25. The molecule has 0 aromatic heterocycles. The average molecular weight is 234 g/mol. The number of piperidine rings is 1. The average Bonchev–Trinajstić information content (AvgIpc) is 2.37. The van der Waals surface area contributed by atoms with Gasteiger partial charge in [0.05, 0.1) is 0 Å². The summed E-state index contributed by atoms with van der Waals surface area (Å²) in [6.45, 7) is 5.42. The Hall–Kier alpha value is -1.06. The molecule has 2 rings (SSSR count). The van der Waals surface area contributed by atoms with Crippen LogP contribution in [-0.4, -0.2) is 30.8 Å². The fraction of sp³-hybridized carbons (Fsp3) is 0.571. The molecule has 0 amide bonds. The molecule has 1 aromatic carbocycles. The van der Waals surface area contributed by atoms with Crippen molar-refractivity contribution in [2.24, 2.45) is 0 Å². The highest BCUT2D eigenvalue weighted by Gasteiger charge is 2.14. The number of aromatic hydroxyl groups is 1. The van der Waals surface area contributed by atoms with Crippen LogP contribution in [0.2, 0.25) is 0 Å². The van der Waals surface area contributed by atoms with E-state index in [1.165, 1.54) is 18.4 Å². The first kappa shape index (κ1) is 12.4. The van der Waals surface area contributed by atoms with Crippen molar-refractivity contribution < 1.29 is 5.11 Å². The van der Waals surface area contributed by atoms with Gasteiger partial charge >= 0.3 is 0 Å². The molecule has 0 bridgehead atoms. The van der Waals surface area contributed by atoms with E-state index in [9.17, 15) is 5.11 Å². The molecule has 1 aliphatic heterocycles. The Morgan fingerprint density at radius 3 is 2.88 bits per heavy atom. The van der Waals surface area contributed by atoms with E-state index in [-0.39, 0.29) is 0 Å². The van der Waals surface area contributed by atoms with Gasteiger partial charge in [0, 0.05) is 12.6 Å². The molecule has 0 spiro atoms. The maximum atomic E-state index is 9.45. The highest BCUT2D eigenvalue weighted by molar-refractivity contribution is 5.29. The molecule has 1 atom stereocenters. The van der Waals surface area contributed by atoms with Gasteiger partial charge in [-0.25, -0.2) is 0 Å². The Balaban J connectivity index is 1.82. The molecule has 17 heavy (non-hydrogen) atoms. The van der Waals surface area contributed by atoms with Crippen LogP contribution >= 0.6 is 0 Å². The van der Waals surface area contributed by atoms with E-state index in [0.717, 1.165) is 19.6 Å². The standard InChI is InChI=1S/C14H22N2O/c1-11(12-3-2-4-14(17)9-12)10-16-13-5-7-15-8-6-13/h2-4,9,11,13,15-17H,5-8,10H2,1H3. The second kappa shape index (κ2) is 6.03. The second-order valence-electron chi connectivity index (χ2n) is 4.93. The second-order valence-corrected chi connectivity index (χ2v) is 4.93. The molecule has 3 heteroatoms. The van der Waals surface area contributed by atoms with Gasteiger partial charge in [0.2, 0.25) is 0 Å². The molecule has 0 saturated carbocycles. The van der Waals surface area contributed by atoms with E-state index >= 15 is 0 Å². The molecule has 1 fully saturated rings. The van der Waals surface area contributed by atoms with Crippen molar-refractivity contribution in [3.63, 3.8) is 0 Å². The highest BCUT2D eigenvalue weighted by atomic mass is 16.3. The lowest BCUT2D eigenvalue weighted by Crippen LogP contribution is -2.41. The minimum atomic E-state index is 0.358. The zero-order valence-electron chi connectivity index (χ0n) is 10.4. The van der Waals surface area contributed by atoms with Gasteiger partial charge in [-0.05, 0) is 49.5 Å². The Kier molecular flexibility index (Phi) is 4.40. The molecule has 1 aliphatic rings. The van der Waals surface area contributed by atoms with Crippen molar-refractivity contribution in [1.29, 1.82) is 0 Å². The van der Waals surface area contributed by atoms with Crippen molar-refractivity contribution in [2.45, 2.75) is 31.7 Å². The molecule has 1 unspecified atom stereocenters. The van der Waals surface area contributed by atoms with Crippen LogP contribution in [0.4, 0.5) is 0 Å². The van der Waals surface area contributed by atoms with E-state index in [1.807, 2.05) is 12.1 Å². The summed E-state index contributed by atoms with van der Waals surface area (Å²) in [4.78, 5) is 0. The summed E-state index contributed by atoms with van der Waals surface area (Å²) >= 11 is 0. The maximum Gasteiger partial charge on any atom is 0.115 e. The molecule has 0 aliphatic carbocycles. The van der Waals surface area contributed by atoms with Crippen LogP contribution in [0.15, 0.2) is 24.3 Å². The molecular formula is C14H22N2O. The number of nitrogens with one attached hydrogen (secondary N) is 2. The molecule has 3 nitrogen and oxygen atoms in total. The number of benzene rings is 1. The highest BCUT2D eigenvalue weighted by Crippen LogP contribution is 2.19. The third-order valence-corrected chi connectivity index (χ3v) is 3.49. The fourth-order valence-electron chi connectivity index (χ4n) is 2.32. The first-order valence-corrected chi connectivity index (χ1v) is 6.49. The normalized spacial score (nSPS) is 19.1. The molecular weight excluding hydrogens is 212 g/mol. The van der Waals surface area contributed by atoms with Gasteiger partial charge in [0.1, 0.15) is 5.75 Å². The van der Waals surface area contributed by atoms with Crippen LogP contribution in [-0.2, 0) is 0 Å². The maximum absolute atomic E-state index is 9.45. The first-order chi connectivity index (χ1) is 8.25. The lowest BCUT2D eigenvalue weighted by molar-refractivity contribution is 0.380. The SMILES string of the molecule is CC(CNC1CCNCC1)c1cccc(O)c1. The Morgan fingerprint density at radius 2 is 2.18 bits per heavy atom. The summed E-state index contributed by atoms with van der Waals surface area (Å²) in [6, 6.07) is 8.21. The van der Waals surface area contributed by atoms with Crippen molar-refractivity contribution in [3.05, 3.63) is 29.8 Å². The summed E-state index contributed by atoms with van der Waals surface area (Å²) < 4.78 is 0. The minimum Gasteiger partial charge on any atom is -0.508 e. The van der Waals surface area contributed by atoms with Crippen LogP contribution in [0, 0.1) is 0 Å². The quantitative estimate of drug-likeness (QED) is 0.745. The number of phenols is 1. The minimum absolute atomic E-state index is 0.358. The Bertz CT molecular complexity index is 348. The fourth-order valence-corrected chi connectivity index (χ4v) is 2.32. The van der Waals surface area contributed by atoms with E-state index < -0.39 is 0 Å². The Morgan fingerprint density at radius 1 is 1.41 bits per heavy atom. The molecule has 1 saturated heterocycles. The summed E-state index contributed by atoms with van der Waals surface area (Å²) in [5, 5.41) is 16.4. The topological polar surface area (TPSA) is 44.3 Å². The summed E-state index contributed by atoms with van der Waals surface area (Å²) in [5.41, 5.74) is 1.20. The van der Waals surface area contributed by atoms with E-state index in [4.69, 9.17) is 0 Å². The smallest absolute Gasteiger partial charge is 0.115 e. The lowest BCUT2D eigenvalue weighted by atomic mass is 9.99. The van der Waals surface area contributed by atoms with Crippen LogP contribution in [0.1, 0.15) is 31.2 Å². The zero-order chi connectivity index (χ0) is 12.1. The largest absolute Gasteiger partial charge is 0.508 e. The third-order valence-electron chi connectivity index (χ3n) is 3.49. The Labute approximate surface area is 103 Å². The third kappa shape index (κ3) is 3.72. The number of hydrogen-bond acceptors (Lipinski definition) is 3. The van der Waals surface area contributed by atoms with Gasteiger partial charge in [-0.1, -0.05) is 19.1 Å². The number of rotatable bonds is 4. The summed E-state index contributed by atoms with van der Waals surface area (Å²) in [5.74, 6) is 0.799. The summed E-state index contributed by atoms with van der Waals surface area (Å²) in [6.07, 6.45) is 2.43. The van der Waals surface area contributed by atoms with E-state index in [1.54, 1.807) is 6.07 Å². The summed E-state index contributed by atoms with van der Waals surface area (Å²) in [7, 11) is 0. The van der Waals surface area contributed by atoms with Crippen LogP contribution in [0.3, 0.4) is 0 Å².